The van der Waals surface area contributed by atoms with Gasteiger partial charge in [0.05, 0.1) is 0 Å². The summed E-state index contributed by atoms with van der Waals surface area (Å²) in [6.45, 7) is 3.90. The lowest BCUT2D eigenvalue weighted by atomic mass is 10.1. The van der Waals surface area contributed by atoms with Gasteiger partial charge in [0.2, 0.25) is 0 Å². The number of benzene rings is 1. The predicted molar refractivity (Wildman–Crippen MR) is 72.5 cm³/mol. The molecule has 2 rings (SSSR count). The molecule has 17 heavy (non-hydrogen) atoms. The molecule has 88 valence electrons. The Bertz CT molecular complexity index is 538. The van der Waals surface area contributed by atoms with Crippen molar-refractivity contribution in [2.24, 2.45) is 5.73 Å². The van der Waals surface area contributed by atoms with Crippen LogP contribution in [0.4, 0.5) is 0 Å². The van der Waals surface area contributed by atoms with Gasteiger partial charge in [-0.3, -0.25) is 0 Å². The molecule has 0 aliphatic heterocycles. The van der Waals surface area contributed by atoms with Crippen molar-refractivity contribution in [3.63, 3.8) is 0 Å². The summed E-state index contributed by atoms with van der Waals surface area (Å²) < 4.78 is 1.02. The zero-order valence-electron chi connectivity index (χ0n) is 9.81. The van der Waals surface area contributed by atoms with Gasteiger partial charge in [0.25, 0.3) is 0 Å². The van der Waals surface area contributed by atoms with Gasteiger partial charge in [-0.05, 0) is 26.0 Å². The van der Waals surface area contributed by atoms with Crippen LogP contribution in [0.1, 0.15) is 24.2 Å². The van der Waals surface area contributed by atoms with E-state index in [1.165, 1.54) is 0 Å². The number of aryl methyl sites for hydroxylation is 1. The minimum Gasteiger partial charge on any atom is -0.324 e. The minimum atomic E-state index is -0.0356. The second kappa shape index (κ2) is 4.94. The van der Waals surface area contributed by atoms with Crippen molar-refractivity contribution in [3.8, 4) is 11.4 Å². The zero-order chi connectivity index (χ0) is 12.4. The first-order chi connectivity index (χ1) is 8.08. The molecule has 0 aliphatic rings. The van der Waals surface area contributed by atoms with E-state index >= 15 is 0 Å². The molecule has 0 bridgehead atoms. The van der Waals surface area contributed by atoms with Gasteiger partial charge >= 0.3 is 0 Å². The normalized spacial score (nSPS) is 12.5. The molecule has 2 aromatic rings. The highest BCUT2D eigenvalue weighted by molar-refractivity contribution is 9.10. The SMILES string of the molecule is Cc1nc(-c2cccc(Br)c2)ncc1[C@@H](C)N. The summed E-state index contributed by atoms with van der Waals surface area (Å²) >= 11 is 3.44. The third-order valence-electron chi connectivity index (χ3n) is 2.59. The van der Waals surface area contributed by atoms with E-state index in [0.29, 0.717) is 0 Å². The van der Waals surface area contributed by atoms with Crippen molar-refractivity contribution >= 4 is 15.9 Å². The van der Waals surface area contributed by atoms with Gasteiger partial charge in [0.1, 0.15) is 0 Å². The molecule has 1 aromatic carbocycles. The standard InChI is InChI=1S/C13H14BrN3/c1-8(15)12-7-16-13(17-9(12)2)10-4-3-5-11(14)6-10/h3-8H,15H2,1-2H3/t8-/m1/s1. The Morgan fingerprint density at radius 2 is 2.12 bits per heavy atom. The van der Waals surface area contributed by atoms with Crippen molar-refractivity contribution in [1.82, 2.24) is 9.97 Å². The average Bonchev–Trinajstić information content (AvgIpc) is 2.28. The van der Waals surface area contributed by atoms with Gasteiger partial charge in [-0.25, -0.2) is 9.97 Å². The van der Waals surface area contributed by atoms with Gasteiger partial charge in [-0.2, -0.15) is 0 Å². The quantitative estimate of drug-likeness (QED) is 0.924. The van der Waals surface area contributed by atoms with Crippen molar-refractivity contribution in [2.75, 3.05) is 0 Å². The van der Waals surface area contributed by atoms with Gasteiger partial charge in [-0.15, -0.1) is 0 Å². The minimum absolute atomic E-state index is 0.0356. The van der Waals surface area contributed by atoms with Crippen LogP contribution < -0.4 is 5.73 Å². The summed E-state index contributed by atoms with van der Waals surface area (Å²) in [7, 11) is 0. The molecule has 3 nitrogen and oxygen atoms in total. The molecule has 0 aliphatic carbocycles. The topological polar surface area (TPSA) is 51.8 Å². The molecule has 2 N–H and O–H groups in total. The lowest BCUT2D eigenvalue weighted by Crippen LogP contribution is -2.09. The van der Waals surface area contributed by atoms with E-state index in [1.807, 2.05) is 44.3 Å². The molecule has 0 spiro atoms. The number of hydrogen-bond acceptors (Lipinski definition) is 3. The monoisotopic (exact) mass is 291 g/mol. The Balaban J connectivity index is 2.44. The Kier molecular flexibility index (Phi) is 3.54. The van der Waals surface area contributed by atoms with Crippen LogP contribution in [0.25, 0.3) is 11.4 Å². The summed E-state index contributed by atoms with van der Waals surface area (Å²) in [6, 6.07) is 7.90. The largest absolute Gasteiger partial charge is 0.324 e. The molecule has 0 amide bonds. The van der Waals surface area contributed by atoms with Crippen molar-refractivity contribution in [1.29, 1.82) is 0 Å². The lowest BCUT2D eigenvalue weighted by Gasteiger charge is -2.09. The highest BCUT2D eigenvalue weighted by Crippen LogP contribution is 2.21. The van der Waals surface area contributed by atoms with Crippen molar-refractivity contribution < 1.29 is 0 Å². The molecule has 0 fully saturated rings. The molecule has 1 heterocycles. The fraction of sp³-hybridized carbons (Fsp3) is 0.231. The Labute approximate surface area is 109 Å². The Morgan fingerprint density at radius 1 is 1.35 bits per heavy atom. The van der Waals surface area contributed by atoms with Crippen LogP contribution in [0.5, 0.6) is 0 Å². The summed E-state index contributed by atoms with van der Waals surface area (Å²) in [4.78, 5) is 8.85. The lowest BCUT2D eigenvalue weighted by molar-refractivity contribution is 0.790. The number of rotatable bonds is 2. The fourth-order valence-electron chi connectivity index (χ4n) is 1.69. The maximum Gasteiger partial charge on any atom is 0.159 e. The van der Waals surface area contributed by atoms with Gasteiger partial charge in [0, 0.05) is 33.5 Å². The van der Waals surface area contributed by atoms with Gasteiger partial charge < -0.3 is 5.73 Å². The average molecular weight is 292 g/mol. The Hall–Kier alpha value is -1.26. The number of aromatic nitrogens is 2. The molecular weight excluding hydrogens is 278 g/mol. The van der Waals surface area contributed by atoms with Gasteiger partial charge in [0.15, 0.2) is 5.82 Å². The van der Waals surface area contributed by atoms with E-state index < -0.39 is 0 Å². The first-order valence-electron chi connectivity index (χ1n) is 5.43. The van der Waals surface area contributed by atoms with E-state index in [2.05, 4.69) is 25.9 Å². The first-order valence-corrected chi connectivity index (χ1v) is 6.22. The predicted octanol–water partition coefficient (Wildman–Crippen LogP) is 3.23. The van der Waals surface area contributed by atoms with Crippen LogP contribution in [0, 0.1) is 6.92 Å². The number of hydrogen-bond donors (Lipinski definition) is 1. The maximum atomic E-state index is 5.84. The van der Waals surface area contributed by atoms with Crippen LogP contribution in [0.3, 0.4) is 0 Å². The van der Waals surface area contributed by atoms with Crippen molar-refractivity contribution in [2.45, 2.75) is 19.9 Å². The molecular formula is C13H14BrN3. The number of nitrogens with zero attached hydrogens (tertiary/aromatic N) is 2. The van der Waals surface area contributed by atoms with E-state index in [9.17, 15) is 0 Å². The van der Waals surface area contributed by atoms with Crippen LogP contribution in [0.2, 0.25) is 0 Å². The summed E-state index contributed by atoms with van der Waals surface area (Å²) in [5.74, 6) is 0.730. The first kappa shape index (κ1) is 12.2. The third-order valence-corrected chi connectivity index (χ3v) is 3.08. The number of halogens is 1. The smallest absolute Gasteiger partial charge is 0.159 e. The molecule has 4 heteroatoms. The fourth-order valence-corrected chi connectivity index (χ4v) is 2.09. The zero-order valence-corrected chi connectivity index (χ0v) is 11.4. The van der Waals surface area contributed by atoms with E-state index in [1.54, 1.807) is 0 Å². The molecule has 1 aromatic heterocycles. The summed E-state index contributed by atoms with van der Waals surface area (Å²) in [6.07, 6.45) is 1.81. The molecule has 0 radical (unpaired) electrons. The highest BCUT2D eigenvalue weighted by Gasteiger charge is 2.08. The molecule has 1 atom stereocenters. The third kappa shape index (κ3) is 2.70. The second-order valence-electron chi connectivity index (χ2n) is 4.03. The van der Waals surface area contributed by atoms with E-state index in [-0.39, 0.29) is 6.04 Å². The summed E-state index contributed by atoms with van der Waals surface area (Å²) in [5.41, 5.74) is 8.76. The maximum absolute atomic E-state index is 5.84. The van der Waals surface area contributed by atoms with Gasteiger partial charge in [-0.1, -0.05) is 28.1 Å². The number of nitrogens with two attached hydrogens (primary N) is 1. The summed E-state index contributed by atoms with van der Waals surface area (Å²) in [5, 5.41) is 0. The van der Waals surface area contributed by atoms with Crippen LogP contribution in [-0.2, 0) is 0 Å². The van der Waals surface area contributed by atoms with Crippen LogP contribution in [0.15, 0.2) is 34.9 Å². The second-order valence-corrected chi connectivity index (χ2v) is 4.95. The Morgan fingerprint density at radius 3 is 2.71 bits per heavy atom. The highest BCUT2D eigenvalue weighted by atomic mass is 79.9. The molecule has 0 unspecified atom stereocenters. The molecule has 0 saturated carbocycles. The van der Waals surface area contributed by atoms with E-state index in [0.717, 1.165) is 27.1 Å². The molecule has 0 saturated heterocycles. The van der Waals surface area contributed by atoms with Crippen LogP contribution in [-0.4, -0.2) is 9.97 Å². The van der Waals surface area contributed by atoms with Crippen LogP contribution >= 0.6 is 15.9 Å². The van der Waals surface area contributed by atoms with Crippen molar-refractivity contribution in [3.05, 3.63) is 46.2 Å². The van der Waals surface area contributed by atoms with E-state index in [4.69, 9.17) is 5.73 Å².